The molecule has 0 saturated carbocycles. The summed E-state index contributed by atoms with van der Waals surface area (Å²) in [6, 6.07) is 1.50. The van der Waals surface area contributed by atoms with E-state index in [0.29, 0.717) is 0 Å². The van der Waals surface area contributed by atoms with Gasteiger partial charge in [-0.2, -0.15) is 0 Å². The number of hydrogen-bond acceptors (Lipinski definition) is 7. The predicted molar refractivity (Wildman–Crippen MR) is 175 cm³/mol. The Hall–Kier alpha value is 0.181. The van der Waals surface area contributed by atoms with E-state index in [1.807, 2.05) is 38.4 Å². The van der Waals surface area contributed by atoms with E-state index >= 15 is 0 Å². The summed E-state index contributed by atoms with van der Waals surface area (Å²) in [5, 5.41) is 6.74. The van der Waals surface area contributed by atoms with Crippen LogP contribution < -0.4 is 10.6 Å². The largest absolute Gasteiger partial charge is 0.472 e. The fourth-order valence-corrected chi connectivity index (χ4v) is 27.5. The summed E-state index contributed by atoms with van der Waals surface area (Å²) >= 11 is 0. The molecule has 0 unspecified atom stereocenters. The molecule has 0 bridgehead atoms. The molecule has 0 spiro atoms. The third-order valence-electron chi connectivity index (χ3n) is 4.33. The highest BCUT2D eigenvalue weighted by Gasteiger charge is 2.58. The molecule has 220 valence electrons. The van der Waals surface area contributed by atoms with E-state index < -0.39 is 50.9 Å². The first-order valence-electron chi connectivity index (χ1n) is 13.9. The van der Waals surface area contributed by atoms with E-state index in [2.05, 4.69) is 89.2 Å². The lowest BCUT2D eigenvalue weighted by Crippen LogP contribution is -2.67. The maximum absolute atomic E-state index is 7.38. The maximum Gasteiger partial charge on any atom is 0.472 e. The Labute approximate surface area is 236 Å². The van der Waals surface area contributed by atoms with Crippen LogP contribution in [0, 0.1) is 0 Å². The monoisotopic (exact) mass is 624 g/mol. The number of hydrogen-bond donors (Lipinski definition) is 2. The Kier molecular flexibility index (Phi) is 15.9. The van der Waals surface area contributed by atoms with Gasteiger partial charge < -0.3 is 31.2 Å². The SMILES string of the molecule is CC=CNCCC[Si](O[Si](C)(C)C)(O[Si](C)(C)C)O[Si](CCCNC=CC)(O[Si](C)(C)C)O[Si](C)(C)C. The first kappa shape index (κ1) is 37.2. The molecule has 0 radical (unpaired) electrons. The topological polar surface area (TPSA) is 70.2 Å². The Balaban J connectivity index is 6.65. The fourth-order valence-electron chi connectivity index (χ4n) is 3.75. The van der Waals surface area contributed by atoms with Gasteiger partial charge in [-0.1, -0.05) is 12.2 Å². The number of allylic oxidation sites excluding steroid dienone is 2. The molecular formula is C24H60N2O5Si6. The highest BCUT2D eigenvalue weighted by Crippen LogP contribution is 2.35. The van der Waals surface area contributed by atoms with Crippen LogP contribution in [0.5, 0.6) is 0 Å². The molecule has 7 nitrogen and oxygen atoms in total. The molecule has 0 saturated heterocycles. The van der Waals surface area contributed by atoms with Crippen molar-refractivity contribution in [2.75, 3.05) is 13.1 Å². The van der Waals surface area contributed by atoms with Crippen molar-refractivity contribution in [1.82, 2.24) is 10.6 Å². The average molecular weight is 625 g/mol. The van der Waals surface area contributed by atoms with Gasteiger partial charge in [0, 0.05) is 25.2 Å². The maximum atomic E-state index is 7.38. The van der Waals surface area contributed by atoms with Gasteiger partial charge in [0.15, 0.2) is 33.3 Å². The molecule has 0 aliphatic rings. The first-order valence-corrected chi connectivity index (χ1v) is 31.4. The number of rotatable bonds is 20. The summed E-state index contributed by atoms with van der Waals surface area (Å²) in [7, 11) is -14.4. The van der Waals surface area contributed by atoms with E-state index in [0.717, 1.165) is 38.0 Å². The molecule has 0 atom stereocenters. The van der Waals surface area contributed by atoms with Gasteiger partial charge in [0.2, 0.25) is 0 Å². The van der Waals surface area contributed by atoms with Gasteiger partial charge >= 0.3 is 17.6 Å². The van der Waals surface area contributed by atoms with E-state index in [1.165, 1.54) is 0 Å². The molecule has 0 heterocycles. The summed E-state index contributed by atoms with van der Waals surface area (Å²) in [5.74, 6) is 0. The van der Waals surface area contributed by atoms with Crippen LogP contribution in [0.25, 0.3) is 0 Å². The summed E-state index contributed by atoms with van der Waals surface area (Å²) in [4.78, 5) is 0. The second-order valence-electron chi connectivity index (χ2n) is 13.4. The summed E-state index contributed by atoms with van der Waals surface area (Å²) < 4.78 is 35.5. The summed E-state index contributed by atoms with van der Waals surface area (Å²) in [6.45, 7) is 32.5. The lowest BCUT2D eigenvalue weighted by atomic mass is 10.5. The highest BCUT2D eigenvalue weighted by atomic mass is 28.5. The third kappa shape index (κ3) is 19.8. The molecule has 0 fully saturated rings. The van der Waals surface area contributed by atoms with Crippen LogP contribution in [0.1, 0.15) is 26.7 Å². The van der Waals surface area contributed by atoms with Crippen molar-refractivity contribution < 1.29 is 20.6 Å². The second-order valence-corrected chi connectivity index (χ2v) is 38.2. The minimum absolute atomic E-state index is 0.752. The van der Waals surface area contributed by atoms with Crippen molar-refractivity contribution in [2.24, 2.45) is 0 Å². The molecule has 37 heavy (non-hydrogen) atoms. The fraction of sp³-hybridized carbons (Fsp3) is 0.833. The minimum Gasteiger partial charge on any atom is -0.417 e. The van der Waals surface area contributed by atoms with Crippen LogP contribution >= 0.6 is 0 Å². The van der Waals surface area contributed by atoms with Gasteiger partial charge in [0.1, 0.15) is 0 Å². The van der Waals surface area contributed by atoms with Crippen molar-refractivity contribution in [2.45, 2.75) is 117 Å². The quantitative estimate of drug-likeness (QED) is 0.109. The molecule has 0 aromatic heterocycles. The molecule has 0 amide bonds. The molecule has 2 N–H and O–H groups in total. The standard InChI is InChI=1S/C24H60N2O5Si6/c1-15-19-25-21-17-23-36(27-32(3,4)5,28-33(6,7)8)31-37(29-34(9,10)11,30-35(12,13)14)24-18-22-26-20-16-2/h15-16,19-20,25-26H,17-18,21-24H2,1-14H3. The van der Waals surface area contributed by atoms with Crippen molar-refractivity contribution >= 4 is 50.9 Å². The molecule has 0 rings (SSSR count). The van der Waals surface area contributed by atoms with E-state index in [9.17, 15) is 0 Å². The van der Waals surface area contributed by atoms with Gasteiger partial charge in [0.05, 0.1) is 0 Å². The predicted octanol–water partition coefficient (Wildman–Crippen LogP) is 7.31. The molecule has 0 aromatic carbocycles. The number of nitrogens with one attached hydrogen (secondary N) is 2. The molecular weight excluding hydrogens is 565 g/mol. The average Bonchev–Trinajstić information content (AvgIpc) is 2.62. The van der Waals surface area contributed by atoms with Crippen LogP contribution in [-0.2, 0) is 20.6 Å². The Morgan fingerprint density at radius 2 is 0.730 bits per heavy atom. The smallest absolute Gasteiger partial charge is 0.417 e. The minimum atomic E-state index is -3.16. The Morgan fingerprint density at radius 3 is 0.946 bits per heavy atom. The molecule has 0 aliphatic heterocycles. The van der Waals surface area contributed by atoms with Crippen LogP contribution in [-0.4, -0.2) is 64.0 Å². The zero-order chi connectivity index (χ0) is 29.0. The lowest BCUT2D eigenvalue weighted by Gasteiger charge is -2.47. The van der Waals surface area contributed by atoms with E-state index in [4.69, 9.17) is 20.6 Å². The highest BCUT2D eigenvalue weighted by molar-refractivity contribution is 6.92. The van der Waals surface area contributed by atoms with Crippen LogP contribution in [0.15, 0.2) is 24.6 Å². The molecule has 0 aliphatic carbocycles. The second kappa shape index (κ2) is 15.8. The van der Waals surface area contributed by atoms with Gasteiger partial charge in [-0.15, -0.1) is 0 Å². The van der Waals surface area contributed by atoms with Crippen molar-refractivity contribution in [3.63, 3.8) is 0 Å². The van der Waals surface area contributed by atoms with Crippen LogP contribution in [0.4, 0.5) is 0 Å². The van der Waals surface area contributed by atoms with Crippen LogP contribution in [0.2, 0.25) is 90.7 Å². The summed E-state index contributed by atoms with van der Waals surface area (Å²) in [5.41, 5.74) is 0. The van der Waals surface area contributed by atoms with Gasteiger partial charge in [-0.25, -0.2) is 0 Å². The third-order valence-corrected chi connectivity index (χ3v) is 23.5. The Morgan fingerprint density at radius 1 is 0.459 bits per heavy atom. The zero-order valence-corrected chi connectivity index (χ0v) is 32.6. The first-order chi connectivity index (χ1) is 16.7. The normalized spacial score (nSPS) is 14.6. The zero-order valence-electron chi connectivity index (χ0n) is 26.6. The summed E-state index contributed by atoms with van der Waals surface area (Å²) in [6.07, 6.45) is 9.81. The Bertz CT molecular complexity index is 608. The van der Waals surface area contributed by atoms with Gasteiger partial charge in [0.25, 0.3) is 0 Å². The lowest BCUT2D eigenvalue weighted by molar-refractivity contribution is 0.171. The van der Waals surface area contributed by atoms with Crippen molar-refractivity contribution in [3.05, 3.63) is 24.6 Å². The van der Waals surface area contributed by atoms with Gasteiger partial charge in [-0.05, 0) is 118 Å². The van der Waals surface area contributed by atoms with Crippen LogP contribution in [0.3, 0.4) is 0 Å². The molecule has 0 aromatic rings. The van der Waals surface area contributed by atoms with E-state index in [1.54, 1.807) is 0 Å². The van der Waals surface area contributed by atoms with Gasteiger partial charge in [-0.3, -0.25) is 0 Å². The van der Waals surface area contributed by atoms with Crippen molar-refractivity contribution in [3.8, 4) is 0 Å². The van der Waals surface area contributed by atoms with E-state index in [-0.39, 0.29) is 0 Å². The van der Waals surface area contributed by atoms with Crippen molar-refractivity contribution in [1.29, 1.82) is 0 Å². The molecule has 13 heteroatoms.